The van der Waals surface area contributed by atoms with Gasteiger partial charge in [0.1, 0.15) is 0 Å². The van der Waals surface area contributed by atoms with E-state index < -0.39 is 0 Å². The molecule has 0 N–H and O–H groups in total. The molecular weight excluding hydrogens is 703 g/mol. The average molecular weight is 771 g/mol. The molecule has 0 aliphatic heterocycles. The fraction of sp³-hybridized carbons (Fsp3) is 1.00. The van der Waals surface area contributed by atoms with Crippen LogP contribution in [0, 0.1) is 172 Å². The van der Waals surface area contributed by atoms with Gasteiger partial charge in [0.2, 0.25) is 0 Å². The fourth-order valence-electron chi connectivity index (χ4n) is 24.9. The number of rotatable bonds is 1. The van der Waals surface area contributed by atoms with Gasteiger partial charge in [-0.1, -0.05) is 54.7 Å². The van der Waals surface area contributed by atoms with Crippen molar-refractivity contribution in [1.82, 2.24) is 0 Å². The summed E-state index contributed by atoms with van der Waals surface area (Å²) in [4.78, 5) is 0. The molecule has 2 bridgehead atoms. The average Bonchev–Trinajstić information content (AvgIpc) is 3.39. The largest absolute Gasteiger partial charge is 0.0861 e. The Bertz CT molecular complexity index is 1430. The van der Waals surface area contributed by atoms with Crippen LogP contribution in [0.25, 0.3) is 0 Å². The monoisotopic (exact) mass is 770 g/mol. The highest BCUT2D eigenvalue weighted by molar-refractivity contribution is 14.1. The molecule has 15 aliphatic carbocycles. The lowest BCUT2D eigenvalue weighted by atomic mass is 9.25. The predicted octanol–water partition coefficient (Wildman–Crippen LogP) is 11.5. The van der Waals surface area contributed by atoms with E-state index in [-0.39, 0.29) is 0 Å². The van der Waals surface area contributed by atoms with Crippen molar-refractivity contribution < 1.29 is 0 Å². The van der Waals surface area contributed by atoms with Crippen LogP contribution < -0.4 is 0 Å². The summed E-state index contributed by atoms with van der Waals surface area (Å²) in [5.74, 6) is 34.3. The lowest BCUT2D eigenvalue weighted by molar-refractivity contribution is -0.321. The smallest absolute Gasteiger partial charge is 0.00292 e. The number of fused-ring (bicyclic) bond motifs is 1. The van der Waals surface area contributed by atoms with Crippen LogP contribution in [0.2, 0.25) is 0 Å². The quantitative estimate of drug-likeness (QED) is 0.184. The maximum absolute atomic E-state index is 2.94. The molecule has 49 heavy (non-hydrogen) atoms. The Morgan fingerprint density at radius 3 is 1.43 bits per heavy atom. The molecule has 0 amide bonds. The molecular formula is C48H67I. The fourth-order valence-corrected chi connectivity index (χ4v) is 26.2. The summed E-state index contributed by atoms with van der Waals surface area (Å²) in [5.41, 5.74) is 0. The standard InChI is InChI=1S/C48H67I/c49-19-33-30-6-2-5-23-16-27-12-20-11-24-7-8-25-14-21-3-1-4-22-15-28-18-29-17-26-9-10-31(33)42-38(26)47-41(29)48-40(28)45(34(21)22)37(25)36(24)43(48)32(13-20)44(47)39(27)46(42)35(23)30/h20-48H,1-19H2. The normalized spacial score (nSPS) is 73.0. The predicted molar refractivity (Wildman–Crippen MR) is 203 cm³/mol. The van der Waals surface area contributed by atoms with Crippen LogP contribution in [0.1, 0.15) is 116 Å². The molecule has 29 unspecified atom stereocenters. The van der Waals surface area contributed by atoms with Crippen molar-refractivity contribution in [3.05, 3.63) is 0 Å². The maximum atomic E-state index is 2.94. The van der Waals surface area contributed by atoms with Gasteiger partial charge in [-0.25, -0.2) is 0 Å². The Hall–Kier alpha value is 0.730. The van der Waals surface area contributed by atoms with E-state index in [2.05, 4.69) is 22.6 Å². The van der Waals surface area contributed by atoms with Crippen LogP contribution in [0.3, 0.4) is 0 Å². The first-order valence-corrected chi connectivity index (χ1v) is 25.3. The Balaban J connectivity index is 0.969. The third kappa shape index (κ3) is 3.26. The van der Waals surface area contributed by atoms with Crippen molar-refractivity contribution in [2.45, 2.75) is 116 Å². The summed E-state index contributed by atoms with van der Waals surface area (Å²) < 4.78 is 1.52. The molecule has 0 aromatic rings. The number of halogens is 1. The highest BCUT2D eigenvalue weighted by Crippen LogP contribution is 2.83. The SMILES string of the molecule is ICC1C2CCCC3CC4CC5CC6CCC7CC8CCCC9CC%10CC%11CC%12CCC1C1C%12C%12C%11C%11C%10C(C89)C7C6C%11C(C5)C%12C4C1C32. The summed E-state index contributed by atoms with van der Waals surface area (Å²) in [5, 5.41) is 0. The molecule has 266 valence electrons. The summed E-state index contributed by atoms with van der Waals surface area (Å²) >= 11 is 2.94. The Morgan fingerprint density at radius 2 is 0.694 bits per heavy atom. The first-order valence-electron chi connectivity index (χ1n) is 23.8. The molecule has 15 rings (SSSR count). The molecule has 15 aliphatic rings. The zero-order valence-electron chi connectivity index (χ0n) is 30.6. The molecule has 0 aromatic carbocycles. The molecule has 15 saturated carbocycles. The summed E-state index contributed by atoms with van der Waals surface area (Å²) in [6, 6.07) is 0. The lowest BCUT2D eigenvalue weighted by Crippen LogP contribution is -2.75. The third-order valence-corrected chi connectivity index (χ3v) is 25.2. The van der Waals surface area contributed by atoms with Crippen molar-refractivity contribution in [2.24, 2.45) is 172 Å². The minimum absolute atomic E-state index is 1.11. The zero-order chi connectivity index (χ0) is 31.2. The third-order valence-electron chi connectivity index (χ3n) is 24.2. The Labute approximate surface area is 312 Å². The minimum atomic E-state index is 1.11. The van der Waals surface area contributed by atoms with Crippen molar-refractivity contribution >= 4 is 22.6 Å². The molecule has 0 spiro atoms. The van der Waals surface area contributed by atoms with Gasteiger partial charge in [0.25, 0.3) is 0 Å². The van der Waals surface area contributed by atoms with Gasteiger partial charge in [0, 0.05) is 4.43 Å². The van der Waals surface area contributed by atoms with E-state index >= 15 is 0 Å². The topological polar surface area (TPSA) is 0 Å². The van der Waals surface area contributed by atoms with Crippen molar-refractivity contribution in [1.29, 1.82) is 0 Å². The Kier molecular flexibility index (Phi) is 5.78. The van der Waals surface area contributed by atoms with Crippen molar-refractivity contribution in [3.63, 3.8) is 0 Å². The molecule has 1 heteroatoms. The lowest BCUT2D eigenvalue weighted by Gasteiger charge is -2.80. The Morgan fingerprint density at radius 1 is 0.286 bits per heavy atom. The highest BCUT2D eigenvalue weighted by atomic mass is 127. The highest BCUT2D eigenvalue weighted by Gasteiger charge is 2.78. The van der Waals surface area contributed by atoms with Crippen LogP contribution in [0.4, 0.5) is 0 Å². The van der Waals surface area contributed by atoms with Crippen LogP contribution in [-0.2, 0) is 0 Å². The number of hydrogen-bond acceptors (Lipinski definition) is 0. The molecule has 0 radical (unpaired) electrons. The number of alkyl halides is 1. The van der Waals surface area contributed by atoms with Gasteiger partial charge in [0.15, 0.2) is 0 Å². The van der Waals surface area contributed by atoms with Crippen molar-refractivity contribution in [2.75, 3.05) is 4.43 Å². The van der Waals surface area contributed by atoms with Gasteiger partial charge in [-0.3, -0.25) is 0 Å². The molecule has 0 saturated heterocycles. The summed E-state index contributed by atoms with van der Waals surface area (Å²) in [7, 11) is 0. The van der Waals surface area contributed by atoms with Gasteiger partial charge < -0.3 is 0 Å². The zero-order valence-corrected chi connectivity index (χ0v) is 32.7. The molecule has 0 heterocycles. The molecule has 0 nitrogen and oxygen atoms in total. The van der Waals surface area contributed by atoms with Crippen LogP contribution in [-0.4, -0.2) is 4.43 Å². The van der Waals surface area contributed by atoms with Crippen LogP contribution in [0.5, 0.6) is 0 Å². The van der Waals surface area contributed by atoms with E-state index in [0.29, 0.717) is 0 Å². The van der Waals surface area contributed by atoms with Gasteiger partial charge in [-0.05, 0) is 255 Å². The van der Waals surface area contributed by atoms with Crippen LogP contribution >= 0.6 is 22.6 Å². The first-order chi connectivity index (χ1) is 24.2. The van der Waals surface area contributed by atoms with Gasteiger partial charge in [0.05, 0.1) is 0 Å². The van der Waals surface area contributed by atoms with Crippen molar-refractivity contribution in [3.8, 4) is 0 Å². The second kappa shape index (κ2) is 9.75. The molecule has 29 atom stereocenters. The van der Waals surface area contributed by atoms with E-state index in [1.54, 1.807) is 116 Å². The van der Waals surface area contributed by atoms with Gasteiger partial charge in [-0.2, -0.15) is 0 Å². The molecule has 0 aromatic heterocycles. The van der Waals surface area contributed by atoms with Crippen LogP contribution in [0.15, 0.2) is 0 Å². The molecule has 15 fully saturated rings. The summed E-state index contributed by atoms with van der Waals surface area (Å²) in [6.45, 7) is 0. The minimum Gasteiger partial charge on any atom is -0.0861 e. The van der Waals surface area contributed by atoms with E-state index in [4.69, 9.17) is 0 Å². The number of hydrogen-bond donors (Lipinski definition) is 0. The van der Waals surface area contributed by atoms with Gasteiger partial charge in [-0.15, -0.1) is 0 Å². The maximum Gasteiger partial charge on any atom is 0.00292 e. The van der Waals surface area contributed by atoms with E-state index in [1.165, 1.54) is 123 Å². The van der Waals surface area contributed by atoms with E-state index in [0.717, 1.165) is 53.3 Å². The van der Waals surface area contributed by atoms with E-state index in [9.17, 15) is 0 Å². The summed E-state index contributed by atoms with van der Waals surface area (Å²) in [6.07, 6.45) is 30.5. The van der Waals surface area contributed by atoms with Gasteiger partial charge >= 0.3 is 0 Å². The first kappa shape index (κ1) is 29.1. The van der Waals surface area contributed by atoms with E-state index in [1.807, 2.05) is 0 Å². The second-order valence-electron chi connectivity index (χ2n) is 24.1. The second-order valence-corrected chi connectivity index (χ2v) is 25.0.